The zero-order valence-electron chi connectivity index (χ0n) is 11.2. The van der Waals surface area contributed by atoms with Crippen molar-refractivity contribution >= 4 is 11.3 Å². The van der Waals surface area contributed by atoms with Crippen LogP contribution in [-0.2, 0) is 6.42 Å². The zero-order chi connectivity index (χ0) is 13.0. The van der Waals surface area contributed by atoms with E-state index in [4.69, 9.17) is 0 Å². The Kier molecular flexibility index (Phi) is 4.50. The molecule has 0 radical (unpaired) electrons. The van der Waals surface area contributed by atoms with Crippen molar-refractivity contribution in [1.29, 1.82) is 0 Å². The maximum Gasteiger partial charge on any atom is 0.0897 e. The number of hydrogen-bond donors (Lipinski definition) is 1. The van der Waals surface area contributed by atoms with E-state index in [2.05, 4.69) is 59.9 Å². The molecule has 0 fully saturated rings. The van der Waals surface area contributed by atoms with E-state index in [-0.39, 0.29) is 0 Å². The van der Waals surface area contributed by atoms with Crippen LogP contribution in [0.1, 0.15) is 29.2 Å². The van der Waals surface area contributed by atoms with Gasteiger partial charge >= 0.3 is 0 Å². The van der Waals surface area contributed by atoms with Crippen LogP contribution in [0.3, 0.4) is 0 Å². The summed E-state index contributed by atoms with van der Waals surface area (Å²) >= 11 is 1.73. The molecule has 96 valence electrons. The summed E-state index contributed by atoms with van der Waals surface area (Å²) in [5.41, 5.74) is 2.56. The molecule has 2 unspecified atom stereocenters. The van der Waals surface area contributed by atoms with Crippen molar-refractivity contribution in [3.63, 3.8) is 0 Å². The van der Waals surface area contributed by atoms with Gasteiger partial charge in [0.25, 0.3) is 0 Å². The number of benzene rings is 1. The number of nitrogens with zero attached hydrogens (tertiary/aromatic N) is 1. The second-order valence-corrected chi connectivity index (χ2v) is 5.78. The van der Waals surface area contributed by atoms with Gasteiger partial charge in [0.15, 0.2) is 0 Å². The summed E-state index contributed by atoms with van der Waals surface area (Å²) in [5.74, 6) is 0.527. The summed E-state index contributed by atoms with van der Waals surface area (Å²) in [5, 5.41) is 6.74. The quantitative estimate of drug-likeness (QED) is 0.888. The fraction of sp³-hybridized carbons (Fsp3) is 0.400. The van der Waals surface area contributed by atoms with Gasteiger partial charge in [-0.05, 0) is 31.9 Å². The highest BCUT2D eigenvalue weighted by atomic mass is 32.1. The molecule has 0 spiro atoms. The molecule has 2 atom stereocenters. The minimum Gasteiger partial charge on any atom is -0.313 e. The Labute approximate surface area is 113 Å². The summed E-state index contributed by atoms with van der Waals surface area (Å²) in [6.07, 6.45) is 1.02. The van der Waals surface area contributed by atoms with Crippen LogP contribution in [0.25, 0.3) is 0 Å². The summed E-state index contributed by atoms with van der Waals surface area (Å²) in [7, 11) is 2.03. The topological polar surface area (TPSA) is 24.9 Å². The van der Waals surface area contributed by atoms with Gasteiger partial charge in [0.05, 0.1) is 10.7 Å². The number of aromatic nitrogens is 1. The smallest absolute Gasteiger partial charge is 0.0897 e. The van der Waals surface area contributed by atoms with Crippen LogP contribution >= 0.6 is 11.3 Å². The predicted molar refractivity (Wildman–Crippen MR) is 78.0 cm³/mol. The van der Waals surface area contributed by atoms with Gasteiger partial charge in [-0.2, -0.15) is 0 Å². The molecule has 18 heavy (non-hydrogen) atoms. The van der Waals surface area contributed by atoms with Crippen LogP contribution in [0.15, 0.2) is 35.7 Å². The highest BCUT2D eigenvalue weighted by Crippen LogP contribution is 2.25. The molecule has 1 heterocycles. The first-order chi connectivity index (χ1) is 8.70. The summed E-state index contributed by atoms with van der Waals surface area (Å²) < 4.78 is 0. The first-order valence-electron chi connectivity index (χ1n) is 6.34. The van der Waals surface area contributed by atoms with Crippen LogP contribution in [0, 0.1) is 12.8 Å². The summed E-state index contributed by atoms with van der Waals surface area (Å²) in [4.78, 5) is 4.55. The van der Waals surface area contributed by atoms with Crippen LogP contribution in [0.4, 0.5) is 0 Å². The van der Waals surface area contributed by atoms with Crippen LogP contribution in [0.2, 0.25) is 0 Å². The molecule has 2 rings (SSSR count). The number of rotatable bonds is 5. The second-order valence-electron chi connectivity index (χ2n) is 4.72. The van der Waals surface area contributed by atoms with E-state index in [0.29, 0.717) is 12.0 Å². The van der Waals surface area contributed by atoms with Gasteiger partial charge in [0.2, 0.25) is 0 Å². The van der Waals surface area contributed by atoms with Crippen LogP contribution in [-0.4, -0.2) is 12.0 Å². The Bertz CT molecular complexity index is 478. The lowest BCUT2D eigenvalue weighted by molar-refractivity contribution is 0.406. The van der Waals surface area contributed by atoms with Crippen molar-refractivity contribution in [3.8, 4) is 0 Å². The molecule has 0 aliphatic heterocycles. The lowest BCUT2D eigenvalue weighted by Crippen LogP contribution is -2.24. The van der Waals surface area contributed by atoms with Crippen LogP contribution < -0.4 is 5.32 Å². The highest BCUT2D eigenvalue weighted by molar-refractivity contribution is 7.09. The first kappa shape index (κ1) is 13.2. The Hall–Kier alpha value is -1.19. The molecule has 2 aromatic rings. The fourth-order valence-corrected chi connectivity index (χ4v) is 3.02. The van der Waals surface area contributed by atoms with Crippen molar-refractivity contribution in [2.45, 2.75) is 26.3 Å². The SMILES string of the molecule is CNC(c1ccccc1)C(C)Cc1csc(C)n1. The third-order valence-corrected chi connectivity index (χ3v) is 4.06. The highest BCUT2D eigenvalue weighted by Gasteiger charge is 2.18. The van der Waals surface area contributed by atoms with Gasteiger partial charge in [0, 0.05) is 11.4 Å². The number of nitrogens with one attached hydrogen (secondary N) is 1. The van der Waals surface area contributed by atoms with Crippen molar-refractivity contribution < 1.29 is 0 Å². The molecular formula is C15H20N2S. The Morgan fingerprint density at radius 2 is 2.00 bits per heavy atom. The molecule has 3 heteroatoms. The van der Waals surface area contributed by atoms with Gasteiger partial charge in [-0.3, -0.25) is 0 Å². The molecule has 1 aromatic carbocycles. The van der Waals surface area contributed by atoms with Gasteiger partial charge in [-0.1, -0.05) is 37.3 Å². The standard InChI is InChI=1S/C15H20N2S/c1-11(9-14-10-18-12(2)17-14)15(16-3)13-7-5-4-6-8-13/h4-8,10-11,15-16H,9H2,1-3H3. The Morgan fingerprint density at radius 1 is 1.28 bits per heavy atom. The average Bonchev–Trinajstić information content (AvgIpc) is 2.77. The fourth-order valence-electron chi connectivity index (χ4n) is 2.39. The maximum atomic E-state index is 4.55. The van der Waals surface area contributed by atoms with E-state index in [1.54, 1.807) is 11.3 Å². The molecule has 2 nitrogen and oxygen atoms in total. The lowest BCUT2D eigenvalue weighted by atomic mass is 9.91. The maximum absolute atomic E-state index is 4.55. The number of thiazole rings is 1. The van der Waals surface area contributed by atoms with Crippen molar-refractivity contribution in [2.24, 2.45) is 5.92 Å². The molecule has 0 aliphatic rings. The minimum atomic E-state index is 0.383. The van der Waals surface area contributed by atoms with E-state index < -0.39 is 0 Å². The molecule has 0 bridgehead atoms. The van der Waals surface area contributed by atoms with Gasteiger partial charge in [0.1, 0.15) is 0 Å². The molecule has 0 saturated heterocycles. The summed E-state index contributed by atoms with van der Waals surface area (Å²) in [6.45, 7) is 4.34. The Morgan fingerprint density at radius 3 is 2.56 bits per heavy atom. The predicted octanol–water partition coefficient (Wildman–Crippen LogP) is 3.59. The van der Waals surface area contributed by atoms with E-state index >= 15 is 0 Å². The van der Waals surface area contributed by atoms with Crippen molar-refractivity contribution in [1.82, 2.24) is 10.3 Å². The Balaban J connectivity index is 2.08. The minimum absolute atomic E-state index is 0.383. The molecule has 1 N–H and O–H groups in total. The molecular weight excluding hydrogens is 240 g/mol. The third kappa shape index (κ3) is 3.18. The van der Waals surface area contributed by atoms with Crippen molar-refractivity contribution in [3.05, 3.63) is 52.0 Å². The summed E-state index contributed by atoms with van der Waals surface area (Å²) in [6, 6.07) is 11.0. The molecule has 1 aromatic heterocycles. The molecule has 0 aliphatic carbocycles. The monoisotopic (exact) mass is 260 g/mol. The van der Waals surface area contributed by atoms with Crippen LogP contribution in [0.5, 0.6) is 0 Å². The van der Waals surface area contributed by atoms with E-state index in [0.717, 1.165) is 11.4 Å². The van der Waals surface area contributed by atoms with E-state index in [1.807, 2.05) is 7.05 Å². The molecule has 0 amide bonds. The largest absolute Gasteiger partial charge is 0.313 e. The number of aryl methyl sites for hydroxylation is 1. The van der Waals surface area contributed by atoms with Gasteiger partial charge in [-0.25, -0.2) is 4.98 Å². The van der Waals surface area contributed by atoms with Crippen molar-refractivity contribution in [2.75, 3.05) is 7.05 Å². The lowest BCUT2D eigenvalue weighted by Gasteiger charge is -2.23. The van der Waals surface area contributed by atoms with Gasteiger partial charge < -0.3 is 5.32 Å². The van der Waals surface area contributed by atoms with E-state index in [1.165, 1.54) is 11.3 Å². The van der Waals surface area contributed by atoms with Gasteiger partial charge in [-0.15, -0.1) is 11.3 Å². The average molecular weight is 260 g/mol. The van der Waals surface area contributed by atoms with E-state index in [9.17, 15) is 0 Å². The second kappa shape index (κ2) is 6.12. The normalized spacial score (nSPS) is 14.4. The number of hydrogen-bond acceptors (Lipinski definition) is 3. The molecule has 0 saturated carbocycles. The first-order valence-corrected chi connectivity index (χ1v) is 7.22. The zero-order valence-corrected chi connectivity index (χ0v) is 12.0. The third-order valence-electron chi connectivity index (χ3n) is 3.24.